The van der Waals surface area contributed by atoms with Crippen molar-refractivity contribution in [1.29, 1.82) is 0 Å². The van der Waals surface area contributed by atoms with Crippen molar-refractivity contribution in [3.05, 3.63) is 65.9 Å². The van der Waals surface area contributed by atoms with Crippen LogP contribution in [-0.4, -0.2) is 72.7 Å². The highest BCUT2D eigenvalue weighted by Crippen LogP contribution is 2.41. The lowest BCUT2D eigenvalue weighted by Crippen LogP contribution is -2.43. The summed E-state index contributed by atoms with van der Waals surface area (Å²) in [6.45, 7) is 5.53. The first-order valence-corrected chi connectivity index (χ1v) is 15.8. The number of hydrogen-bond acceptors (Lipinski definition) is 8. The number of phenolic OH excluding ortho intramolecular Hbond substituents is 1. The first kappa shape index (κ1) is 28.1. The van der Waals surface area contributed by atoms with Gasteiger partial charge in [-0.25, -0.2) is 8.78 Å². The second kappa shape index (κ2) is 10.9. The summed E-state index contributed by atoms with van der Waals surface area (Å²) in [4.78, 5) is 18.4. The number of ether oxygens (including phenoxy) is 1. The highest BCUT2D eigenvalue weighted by Gasteiger charge is 2.49. The van der Waals surface area contributed by atoms with Gasteiger partial charge in [-0.05, 0) is 66.8 Å². The summed E-state index contributed by atoms with van der Waals surface area (Å²) < 4.78 is 39.6. The number of alkyl halides is 1. The molecule has 9 nitrogen and oxygen atoms in total. The van der Waals surface area contributed by atoms with E-state index in [1.54, 1.807) is 24.5 Å². The van der Waals surface area contributed by atoms with Crippen LogP contribution in [0.1, 0.15) is 43.9 Å². The number of pyridine rings is 1. The van der Waals surface area contributed by atoms with Gasteiger partial charge in [0, 0.05) is 44.0 Å². The Morgan fingerprint density at radius 2 is 2.02 bits per heavy atom. The molecule has 8 rings (SSSR count). The lowest BCUT2D eigenvalue weighted by molar-refractivity contribution is 0.107. The summed E-state index contributed by atoms with van der Waals surface area (Å²) in [6, 6.07) is 11.1. The summed E-state index contributed by atoms with van der Waals surface area (Å²) in [5.74, 6) is -0.0408. The molecule has 1 N–H and O–H groups in total. The van der Waals surface area contributed by atoms with Crippen molar-refractivity contribution in [2.75, 3.05) is 31.1 Å². The van der Waals surface area contributed by atoms with Crippen LogP contribution in [0.15, 0.2) is 48.8 Å². The van der Waals surface area contributed by atoms with E-state index in [1.807, 2.05) is 35.9 Å². The van der Waals surface area contributed by atoms with E-state index in [2.05, 4.69) is 24.9 Å². The Morgan fingerprint density at radius 1 is 1.11 bits per heavy atom. The van der Waals surface area contributed by atoms with Crippen LogP contribution in [0.25, 0.3) is 32.9 Å². The molecule has 6 heterocycles. The van der Waals surface area contributed by atoms with E-state index in [0.717, 1.165) is 60.8 Å². The van der Waals surface area contributed by atoms with Crippen molar-refractivity contribution in [2.24, 2.45) is 0 Å². The average molecular weight is 612 g/mol. The molecule has 0 spiro atoms. The van der Waals surface area contributed by atoms with Gasteiger partial charge in [-0.3, -0.25) is 14.6 Å². The van der Waals surface area contributed by atoms with Crippen LogP contribution >= 0.6 is 0 Å². The van der Waals surface area contributed by atoms with Gasteiger partial charge in [-0.1, -0.05) is 25.1 Å². The van der Waals surface area contributed by atoms with Gasteiger partial charge < -0.3 is 14.7 Å². The van der Waals surface area contributed by atoms with Crippen LogP contribution in [0.2, 0.25) is 0 Å². The van der Waals surface area contributed by atoms with Gasteiger partial charge in [0.2, 0.25) is 0 Å². The van der Waals surface area contributed by atoms with Crippen molar-refractivity contribution in [1.82, 2.24) is 29.6 Å². The molecule has 0 bridgehead atoms. The third-order valence-electron chi connectivity index (χ3n) is 9.81. The number of halogens is 2. The van der Waals surface area contributed by atoms with Crippen molar-refractivity contribution in [3.63, 3.8) is 0 Å². The summed E-state index contributed by atoms with van der Waals surface area (Å²) >= 11 is 0. The Kier molecular flexibility index (Phi) is 6.81. The van der Waals surface area contributed by atoms with E-state index < -0.39 is 17.5 Å². The van der Waals surface area contributed by atoms with Crippen molar-refractivity contribution >= 4 is 27.5 Å². The predicted octanol–water partition coefficient (Wildman–Crippen LogP) is 5.81. The van der Waals surface area contributed by atoms with Gasteiger partial charge in [-0.15, -0.1) is 0 Å². The van der Waals surface area contributed by atoms with Crippen molar-refractivity contribution in [3.8, 4) is 23.0 Å². The molecule has 3 aliphatic heterocycles. The van der Waals surface area contributed by atoms with Gasteiger partial charge in [0.1, 0.15) is 35.6 Å². The molecule has 2 saturated heterocycles. The fraction of sp³-hybridized carbons (Fsp3) is 0.412. The molecular formula is C34H35F2N7O2. The SMILES string of the molecule is CCc1cccc2cc(O)cc(-c3ncc4c(N5CCCn6nccc6C5)nc(OC[C@@]56CCCN5C[C@H](F)C6)nc4c3F)c12. The molecule has 3 aliphatic rings. The van der Waals surface area contributed by atoms with Gasteiger partial charge >= 0.3 is 6.01 Å². The van der Waals surface area contributed by atoms with E-state index in [-0.39, 0.29) is 29.6 Å². The summed E-state index contributed by atoms with van der Waals surface area (Å²) in [6.07, 6.45) is 6.33. The summed E-state index contributed by atoms with van der Waals surface area (Å²) in [7, 11) is 0. The molecular weight excluding hydrogens is 576 g/mol. The highest BCUT2D eigenvalue weighted by molar-refractivity contribution is 6.01. The molecule has 3 aromatic heterocycles. The first-order valence-electron chi connectivity index (χ1n) is 15.8. The third-order valence-corrected chi connectivity index (χ3v) is 9.81. The second-order valence-electron chi connectivity index (χ2n) is 12.6. The Bertz CT molecular complexity index is 1930. The summed E-state index contributed by atoms with van der Waals surface area (Å²) in [5.41, 5.74) is 2.37. The predicted molar refractivity (Wildman–Crippen MR) is 168 cm³/mol. The fourth-order valence-electron chi connectivity index (χ4n) is 7.70. The zero-order chi connectivity index (χ0) is 30.7. The maximum Gasteiger partial charge on any atom is 0.319 e. The molecule has 2 aromatic carbocycles. The number of benzene rings is 2. The van der Waals surface area contributed by atoms with Crippen LogP contribution in [0.3, 0.4) is 0 Å². The monoisotopic (exact) mass is 611 g/mol. The zero-order valence-corrected chi connectivity index (χ0v) is 25.2. The topological polar surface area (TPSA) is 92.4 Å². The minimum atomic E-state index is -0.889. The van der Waals surface area contributed by atoms with Crippen molar-refractivity contribution < 1.29 is 18.6 Å². The van der Waals surface area contributed by atoms with Crippen LogP contribution in [0, 0.1) is 5.82 Å². The van der Waals surface area contributed by atoms with Crippen LogP contribution in [-0.2, 0) is 19.5 Å². The van der Waals surface area contributed by atoms with Gasteiger partial charge in [0.05, 0.1) is 23.2 Å². The molecule has 11 heteroatoms. The Labute approximate surface area is 259 Å². The smallest absolute Gasteiger partial charge is 0.319 e. The molecule has 0 radical (unpaired) electrons. The molecule has 0 unspecified atom stereocenters. The van der Waals surface area contributed by atoms with E-state index in [9.17, 15) is 9.50 Å². The maximum absolute atomic E-state index is 16.9. The molecule has 232 valence electrons. The number of fused-ring (bicyclic) bond motifs is 4. The van der Waals surface area contributed by atoms with E-state index in [1.165, 1.54) is 0 Å². The average Bonchev–Trinajstić information content (AvgIpc) is 3.68. The fourth-order valence-corrected chi connectivity index (χ4v) is 7.70. The first-order chi connectivity index (χ1) is 21.9. The summed E-state index contributed by atoms with van der Waals surface area (Å²) in [5, 5.41) is 17.2. The highest BCUT2D eigenvalue weighted by atomic mass is 19.1. The second-order valence-corrected chi connectivity index (χ2v) is 12.6. The van der Waals surface area contributed by atoms with Gasteiger partial charge in [-0.2, -0.15) is 15.1 Å². The van der Waals surface area contributed by atoms with E-state index >= 15 is 4.39 Å². The molecule has 45 heavy (non-hydrogen) atoms. The largest absolute Gasteiger partial charge is 0.508 e. The molecule has 5 aromatic rings. The van der Waals surface area contributed by atoms with E-state index in [0.29, 0.717) is 42.8 Å². The number of aromatic nitrogens is 5. The molecule has 0 amide bonds. The minimum Gasteiger partial charge on any atom is -0.508 e. The van der Waals surface area contributed by atoms with Crippen LogP contribution in [0.4, 0.5) is 14.6 Å². The number of nitrogens with zero attached hydrogens (tertiary/aromatic N) is 7. The number of phenols is 1. The van der Waals surface area contributed by atoms with E-state index in [4.69, 9.17) is 9.72 Å². The number of anilines is 1. The number of hydrogen-bond donors (Lipinski definition) is 1. The lowest BCUT2D eigenvalue weighted by atomic mass is 9.95. The Hall–Kier alpha value is -4.38. The zero-order valence-electron chi connectivity index (χ0n) is 25.2. The van der Waals surface area contributed by atoms with Crippen LogP contribution in [0.5, 0.6) is 11.8 Å². The number of aromatic hydroxyl groups is 1. The quantitative estimate of drug-likeness (QED) is 0.257. The number of rotatable bonds is 6. The van der Waals surface area contributed by atoms with Gasteiger partial charge in [0.25, 0.3) is 0 Å². The molecule has 0 aliphatic carbocycles. The maximum atomic E-state index is 16.9. The van der Waals surface area contributed by atoms with Crippen LogP contribution < -0.4 is 9.64 Å². The van der Waals surface area contributed by atoms with Gasteiger partial charge in [0.15, 0.2) is 5.82 Å². The third kappa shape index (κ3) is 4.75. The Balaban J connectivity index is 1.27. The lowest BCUT2D eigenvalue weighted by Gasteiger charge is -2.31. The molecule has 2 atom stereocenters. The molecule has 2 fully saturated rings. The minimum absolute atomic E-state index is 0.0312. The standard InChI is InChI=1S/C34H35F2N7O2/c1-2-21-6-3-7-22-14-25(44)15-26(28(21)22)30-29(36)31-27(17-37-30)32(41-11-5-13-43-24(19-41)8-10-38-43)40-33(39-31)45-20-34-9-4-12-42(34)18-23(35)16-34/h3,6-8,10,14-15,17,23,44H,2,4-5,9,11-13,16,18-20H2,1H3/t23-,34+/m1/s1. The van der Waals surface area contributed by atoms with Crippen molar-refractivity contribution in [2.45, 2.75) is 63.8 Å². The number of aryl methyl sites for hydroxylation is 2. The molecule has 0 saturated carbocycles. The Morgan fingerprint density at radius 3 is 2.91 bits per heavy atom. The normalized spacial score (nSPS) is 21.8.